The molecule has 112 valence electrons. The van der Waals surface area contributed by atoms with Crippen LogP contribution in [-0.2, 0) is 15.6 Å². The summed E-state index contributed by atoms with van der Waals surface area (Å²) in [7, 11) is -2.01. The SMILES string of the molecule is COc1cc(C(C)(C)NC(=O)O)ccc1NS(C)(=O)=O. The minimum atomic E-state index is -3.42. The Hall–Kier alpha value is -1.96. The van der Waals surface area contributed by atoms with Crippen molar-refractivity contribution in [3.05, 3.63) is 23.8 Å². The summed E-state index contributed by atoms with van der Waals surface area (Å²) in [6.45, 7) is 3.39. The summed E-state index contributed by atoms with van der Waals surface area (Å²) < 4.78 is 29.9. The average molecular weight is 302 g/mol. The van der Waals surface area contributed by atoms with E-state index in [4.69, 9.17) is 9.84 Å². The molecule has 0 aliphatic rings. The molecule has 0 bridgehead atoms. The summed E-state index contributed by atoms with van der Waals surface area (Å²) in [5.74, 6) is 0.313. The summed E-state index contributed by atoms with van der Waals surface area (Å²) in [4.78, 5) is 10.8. The van der Waals surface area contributed by atoms with Gasteiger partial charge >= 0.3 is 6.09 Å². The molecule has 0 saturated heterocycles. The Morgan fingerprint density at radius 2 is 1.95 bits per heavy atom. The molecule has 0 aliphatic heterocycles. The number of nitrogens with one attached hydrogen (secondary N) is 2. The van der Waals surface area contributed by atoms with Gasteiger partial charge in [0.2, 0.25) is 10.0 Å². The van der Waals surface area contributed by atoms with Crippen LogP contribution in [0.4, 0.5) is 10.5 Å². The van der Waals surface area contributed by atoms with E-state index in [1.54, 1.807) is 26.0 Å². The van der Waals surface area contributed by atoms with Crippen molar-refractivity contribution >= 4 is 21.8 Å². The van der Waals surface area contributed by atoms with Gasteiger partial charge in [0, 0.05) is 0 Å². The van der Waals surface area contributed by atoms with Gasteiger partial charge < -0.3 is 15.2 Å². The molecule has 0 unspecified atom stereocenters. The van der Waals surface area contributed by atoms with Crippen LogP contribution in [0.25, 0.3) is 0 Å². The predicted molar refractivity (Wildman–Crippen MR) is 75.6 cm³/mol. The molecule has 7 nitrogen and oxygen atoms in total. The molecule has 0 aromatic heterocycles. The molecule has 0 aliphatic carbocycles. The summed E-state index contributed by atoms with van der Waals surface area (Å²) in [6.07, 6.45) is -0.108. The van der Waals surface area contributed by atoms with Gasteiger partial charge in [0.15, 0.2) is 0 Å². The van der Waals surface area contributed by atoms with Crippen molar-refractivity contribution in [1.82, 2.24) is 5.32 Å². The summed E-state index contributed by atoms with van der Waals surface area (Å²) in [5, 5.41) is 11.2. The van der Waals surface area contributed by atoms with Crippen molar-refractivity contribution in [3.63, 3.8) is 0 Å². The highest BCUT2D eigenvalue weighted by Crippen LogP contribution is 2.31. The number of carboxylic acid groups (broad SMARTS) is 1. The van der Waals surface area contributed by atoms with Gasteiger partial charge in [0.05, 0.1) is 24.6 Å². The fraction of sp³-hybridized carbons (Fsp3) is 0.417. The molecule has 0 fully saturated rings. The standard InChI is InChI=1S/C12H18N2O5S/c1-12(2,13-11(15)16)8-5-6-9(10(7-8)19-3)14-20(4,17)18/h5-7,13-14H,1-4H3,(H,15,16). The molecule has 0 spiro atoms. The van der Waals surface area contributed by atoms with Crippen molar-refractivity contribution in [2.45, 2.75) is 19.4 Å². The van der Waals surface area contributed by atoms with E-state index in [1.807, 2.05) is 0 Å². The van der Waals surface area contributed by atoms with Crippen molar-refractivity contribution in [3.8, 4) is 5.75 Å². The minimum absolute atomic E-state index is 0.296. The topological polar surface area (TPSA) is 105 Å². The lowest BCUT2D eigenvalue weighted by Gasteiger charge is -2.26. The third kappa shape index (κ3) is 4.30. The molecule has 1 aromatic carbocycles. The maximum Gasteiger partial charge on any atom is 0.405 e. The monoisotopic (exact) mass is 302 g/mol. The number of methoxy groups -OCH3 is 1. The van der Waals surface area contributed by atoms with E-state index in [0.29, 0.717) is 17.0 Å². The lowest BCUT2D eigenvalue weighted by Crippen LogP contribution is -2.40. The number of carbonyl (C=O) groups is 1. The van der Waals surface area contributed by atoms with E-state index in [-0.39, 0.29) is 0 Å². The third-order valence-electron chi connectivity index (χ3n) is 2.64. The number of ether oxygens (including phenoxy) is 1. The molecule has 20 heavy (non-hydrogen) atoms. The first-order valence-electron chi connectivity index (χ1n) is 5.72. The van der Waals surface area contributed by atoms with E-state index in [1.165, 1.54) is 13.2 Å². The zero-order valence-electron chi connectivity index (χ0n) is 11.7. The van der Waals surface area contributed by atoms with Crippen molar-refractivity contribution in [1.29, 1.82) is 0 Å². The Kier molecular flexibility index (Phi) is 4.49. The summed E-state index contributed by atoms with van der Waals surface area (Å²) in [5.41, 5.74) is 0.114. The van der Waals surface area contributed by atoms with Crippen LogP contribution in [0.1, 0.15) is 19.4 Å². The second-order valence-corrected chi connectivity index (χ2v) is 6.59. The predicted octanol–water partition coefficient (Wildman–Crippen LogP) is 1.57. The Bertz CT molecular complexity index is 610. The van der Waals surface area contributed by atoms with Crippen LogP contribution in [0.15, 0.2) is 18.2 Å². The van der Waals surface area contributed by atoms with E-state index >= 15 is 0 Å². The first-order valence-corrected chi connectivity index (χ1v) is 7.62. The normalized spacial score (nSPS) is 11.8. The maximum absolute atomic E-state index is 11.2. The van der Waals surface area contributed by atoms with Crippen LogP contribution in [0, 0.1) is 0 Å². The lowest BCUT2D eigenvalue weighted by molar-refractivity contribution is 0.182. The molecule has 8 heteroatoms. The van der Waals surface area contributed by atoms with Gasteiger partial charge in [-0.3, -0.25) is 4.72 Å². The minimum Gasteiger partial charge on any atom is -0.495 e. The molecule has 0 radical (unpaired) electrons. The average Bonchev–Trinajstić information content (AvgIpc) is 2.25. The number of amides is 1. The van der Waals surface area contributed by atoms with Crippen LogP contribution < -0.4 is 14.8 Å². The largest absolute Gasteiger partial charge is 0.495 e. The van der Waals surface area contributed by atoms with Gasteiger partial charge in [-0.1, -0.05) is 6.07 Å². The number of hydrogen-bond acceptors (Lipinski definition) is 4. The van der Waals surface area contributed by atoms with Gasteiger partial charge in [-0.2, -0.15) is 0 Å². The highest BCUT2D eigenvalue weighted by Gasteiger charge is 2.24. The zero-order chi connectivity index (χ0) is 15.6. The first kappa shape index (κ1) is 16.1. The van der Waals surface area contributed by atoms with Crippen LogP contribution >= 0.6 is 0 Å². The van der Waals surface area contributed by atoms with Crippen molar-refractivity contribution < 1.29 is 23.1 Å². The van der Waals surface area contributed by atoms with Crippen LogP contribution in [0.2, 0.25) is 0 Å². The zero-order valence-corrected chi connectivity index (χ0v) is 12.5. The number of sulfonamides is 1. The Balaban J connectivity index is 3.18. The van der Waals surface area contributed by atoms with E-state index in [0.717, 1.165) is 6.26 Å². The molecule has 1 rings (SSSR count). The summed E-state index contributed by atoms with van der Waals surface area (Å²) in [6, 6.07) is 4.75. The molecule has 3 N–H and O–H groups in total. The Morgan fingerprint density at radius 1 is 1.35 bits per heavy atom. The van der Waals surface area contributed by atoms with Crippen LogP contribution in [0.3, 0.4) is 0 Å². The number of anilines is 1. The highest BCUT2D eigenvalue weighted by molar-refractivity contribution is 7.92. The van der Waals surface area contributed by atoms with E-state index in [9.17, 15) is 13.2 Å². The van der Waals surface area contributed by atoms with E-state index in [2.05, 4.69) is 10.0 Å². The van der Waals surface area contributed by atoms with Crippen molar-refractivity contribution in [2.24, 2.45) is 0 Å². The van der Waals surface area contributed by atoms with Crippen molar-refractivity contribution in [2.75, 3.05) is 18.1 Å². The number of hydrogen-bond donors (Lipinski definition) is 3. The quantitative estimate of drug-likeness (QED) is 0.765. The van der Waals surface area contributed by atoms with Gasteiger partial charge in [-0.05, 0) is 31.5 Å². The maximum atomic E-state index is 11.2. The van der Waals surface area contributed by atoms with Gasteiger partial charge in [0.25, 0.3) is 0 Å². The Morgan fingerprint density at radius 3 is 2.40 bits per heavy atom. The lowest BCUT2D eigenvalue weighted by atomic mass is 9.94. The van der Waals surface area contributed by atoms with Crippen LogP contribution in [-0.4, -0.2) is 33.0 Å². The fourth-order valence-electron chi connectivity index (χ4n) is 1.70. The fourth-order valence-corrected chi connectivity index (χ4v) is 2.27. The second kappa shape index (κ2) is 5.58. The molecule has 1 aromatic rings. The molecule has 0 heterocycles. The van der Waals surface area contributed by atoms with Crippen LogP contribution in [0.5, 0.6) is 5.75 Å². The summed E-state index contributed by atoms with van der Waals surface area (Å²) >= 11 is 0. The van der Waals surface area contributed by atoms with E-state index < -0.39 is 21.7 Å². The van der Waals surface area contributed by atoms with Gasteiger partial charge in [0.1, 0.15) is 5.75 Å². The smallest absolute Gasteiger partial charge is 0.405 e. The molecular weight excluding hydrogens is 284 g/mol. The van der Waals surface area contributed by atoms with Gasteiger partial charge in [-0.25, -0.2) is 13.2 Å². The molecule has 0 atom stereocenters. The molecular formula is C12H18N2O5S. The third-order valence-corrected chi connectivity index (χ3v) is 3.23. The Labute approximate surface area is 118 Å². The number of rotatable bonds is 5. The molecule has 0 saturated carbocycles. The number of benzene rings is 1. The second-order valence-electron chi connectivity index (χ2n) is 4.84. The molecule has 1 amide bonds. The highest BCUT2D eigenvalue weighted by atomic mass is 32.2. The first-order chi connectivity index (χ1) is 9.05. The van der Waals surface area contributed by atoms with Gasteiger partial charge in [-0.15, -0.1) is 0 Å².